The van der Waals surface area contributed by atoms with Crippen LogP contribution < -0.4 is 10.6 Å². The lowest BCUT2D eigenvalue weighted by Gasteiger charge is -2.14. The molecule has 24 heavy (non-hydrogen) atoms. The third-order valence-electron chi connectivity index (χ3n) is 3.34. The molecule has 136 valence electrons. The Morgan fingerprint density at radius 2 is 1.00 bits per heavy atom. The fraction of sp³-hybridized carbons (Fsp3) is 0.889. The van der Waals surface area contributed by atoms with Gasteiger partial charge in [0.05, 0.1) is 33.5 Å². The first-order chi connectivity index (χ1) is 10.9. The van der Waals surface area contributed by atoms with Crippen LogP contribution in [0.4, 0.5) is 4.79 Å². The van der Waals surface area contributed by atoms with Crippen molar-refractivity contribution in [3.8, 4) is 0 Å². The van der Waals surface area contributed by atoms with Gasteiger partial charge < -0.3 is 10.6 Å². The van der Waals surface area contributed by atoms with Crippen LogP contribution in [-0.4, -0.2) is 50.1 Å². The number of hydrogen-bond acceptors (Lipinski definition) is 9. The van der Waals surface area contributed by atoms with Gasteiger partial charge in [-0.15, -0.1) is 0 Å². The topological polar surface area (TPSA) is 214 Å². The molecule has 0 radical (unpaired) electrons. The molecule has 0 bridgehead atoms. The van der Waals surface area contributed by atoms with E-state index < -0.39 is 63.0 Å². The van der Waals surface area contributed by atoms with Crippen LogP contribution in [-0.2, 0) is 0 Å². The Hall–Kier alpha value is -3.13. The van der Waals surface area contributed by atoms with E-state index in [9.17, 15) is 45.3 Å². The lowest BCUT2D eigenvalue weighted by atomic mass is 10.1. The van der Waals surface area contributed by atoms with Crippen molar-refractivity contribution in [2.75, 3.05) is 13.1 Å². The SMILES string of the molecule is CC(CCNC(=O)NCCC(C)([N+](=O)[O-])[N+](=O)[O-])([N+](=O)[O-])[N+](=O)[O-]. The zero-order valence-electron chi connectivity index (χ0n) is 12.8. The monoisotopic (exact) mass is 352 g/mol. The molecule has 15 nitrogen and oxygen atoms in total. The average Bonchev–Trinajstić information content (AvgIpc) is 2.45. The molecule has 0 saturated carbocycles. The van der Waals surface area contributed by atoms with Crippen LogP contribution in [0.1, 0.15) is 26.7 Å². The normalized spacial score (nSPS) is 11.4. The molecule has 0 fully saturated rings. The maximum Gasteiger partial charge on any atom is 0.457 e. The molecular formula is C9H16N6O9. The molecule has 0 aromatic carbocycles. The molecule has 15 heteroatoms. The van der Waals surface area contributed by atoms with Crippen LogP contribution in [0.3, 0.4) is 0 Å². The number of rotatable bonds is 10. The highest BCUT2D eigenvalue weighted by molar-refractivity contribution is 5.73. The van der Waals surface area contributed by atoms with Gasteiger partial charge in [-0.05, 0) is 0 Å². The van der Waals surface area contributed by atoms with Crippen molar-refractivity contribution in [1.29, 1.82) is 0 Å². The number of hydrogen-bond donors (Lipinski definition) is 2. The third kappa shape index (κ3) is 4.96. The number of amides is 2. The molecule has 0 aliphatic heterocycles. The van der Waals surface area contributed by atoms with E-state index in [0.717, 1.165) is 13.8 Å². The first kappa shape index (κ1) is 20.9. The Balaban J connectivity index is 4.39. The second-order valence-electron chi connectivity index (χ2n) is 5.15. The van der Waals surface area contributed by atoms with Crippen LogP contribution in [0.25, 0.3) is 0 Å². The maximum absolute atomic E-state index is 11.4. The van der Waals surface area contributed by atoms with Gasteiger partial charge in [-0.2, -0.15) is 0 Å². The molecule has 2 amide bonds. The van der Waals surface area contributed by atoms with Crippen molar-refractivity contribution in [1.82, 2.24) is 10.6 Å². The quantitative estimate of drug-likeness (QED) is 0.297. The number of carbonyl (C=O) groups is 1. The highest BCUT2D eigenvalue weighted by atomic mass is 16.7. The largest absolute Gasteiger partial charge is 0.457 e. The number of carbonyl (C=O) groups excluding carboxylic acids is 1. The van der Waals surface area contributed by atoms with Gasteiger partial charge in [-0.25, -0.2) is 4.79 Å². The van der Waals surface area contributed by atoms with Crippen molar-refractivity contribution < 1.29 is 24.5 Å². The van der Waals surface area contributed by atoms with Gasteiger partial charge >= 0.3 is 17.4 Å². The summed E-state index contributed by atoms with van der Waals surface area (Å²) >= 11 is 0. The summed E-state index contributed by atoms with van der Waals surface area (Å²) in [5.74, 6) is 0. The molecular weight excluding hydrogens is 336 g/mol. The van der Waals surface area contributed by atoms with E-state index in [1.807, 2.05) is 0 Å². The highest BCUT2D eigenvalue weighted by Gasteiger charge is 2.50. The van der Waals surface area contributed by atoms with Crippen molar-refractivity contribution in [3.05, 3.63) is 40.5 Å². The first-order valence-corrected chi connectivity index (χ1v) is 6.47. The summed E-state index contributed by atoms with van der Waals surface area (Å²) in [6.07, 6.45) is -1.19. The summed E-state index contributed by atoms with van der Waals surface area (Å²) in [7, 11) is 0. The minimum Gasteiger partial charge on any atom is -0.338 e. The Bertz CT molecular complexity index is 476. The molecule has 0 spiro atoms. The zero-order chi connectivity index (χ0) is 19.1. The van der Waals surface area contributed by atoms with Gasteiger partial charge in [-0.1, -0.05) is 0 Å². The van der Waals surface area contributed by atoms with Gasteiger partial charge in [0.15, 0.2) is 0 Å². The zero-order valence-corrected chi connectivity index (χ0v) is 12.8. The van der Waals surface area contributed by atoms with Crippen molar-refractivity contribution in [2.24, 2.45) is 0 Å². The summed E-state index contributed by atoms with van der Waals surface area (Å²) in [6.45, 7) is 0.746. The average molecular weight is 352 g/mol. The van der Waals surface area contributed by atoms with E-state index in [0.29, 0.717) is 0 Å². The number of nitrogens with zero attached hydrogens (tertiary/aromatic N) is 4. The van der Waals surface area contributed by atoms with E-state index in [-0.39, 0.29) is 0 Å². The molecule has 0 heterocycles. The smallest absolute Gasteiger partial charge is 0.338 e. The Morgan fingerprint density at radius 1 is 0.750 bits per heavy atom. The van der Waals surface area contributed by atoms with Gasteiger partial charge in [0.1, 0.15) is 12.8 Å². The summed E-state index contributed by atoms with van der Waals surface area (Å²) in [6, 6.07) is -0.918. The van der Waals surface area contributed by atoms with Gasteiger partial charge in [0, 0.05) is 13.1 Å². The number of nitrogens with one attached hydrogen (secondary N) is 2. The standard InChI is InChI=1S/C9H16N6O9/c1-8(12(17)18,13(19)20)3-5-10-7(16)11-6-4-9(2,14(21)22)15(23)24/h3-6H2,1-2H3,(H2,10,11,16). The van der Waals surface area contributed by atoms with E-state index in [1.165, 1.54) is 0 Å². The molecule has 0 atom stereocenters. The minimum atomic E-state index is -2.47. The Kier molecular flexibility index (Phi) is 6.90. The van der Waals surface area contributed by atoms with Crippen LogP contribution in [0.2, 0.25) is 0 Å². The fourth-order valence-corrected chi connectivity index (χ4v) is 1.39. The predicted molar refractivity (Wildman–Crippen MR) is 75.4 cm³/mol. The summed E-state index contributed by atoms with van der Waals surface area (Å²) < 4.78 is 0. The van der Waals surface area contributed by atoms with Crippen LogP contribution in [0, 0.1) is 40.5 Å². The Morgan fingerprint density at radius 3 is 1.21 bits per heavy atom. The van der Waals surface area contributed by atoms with E-state index in [1.54, 1.807) is 0 Å². The summed E-state index contributed by atoms with van der Waals surface area (Å²) in [5, 5.41) is 46.8. The molecule has 2 N–H and O–H groups in total. The maximum atomic E-state index is 11.4. The van der Waals surface area contributed by atoms with Crippen LogP contribution in [0.15, 0.2) is 0 Å². The molecule has 0 aromatic heterocycles. The van der Waals surface area contributed by atoms with E-state index >= 15 is 0 Å². The number of nitro groups is 4. The molecule has 0 saturated heterocycles. The number of urea groups is 1. The van der Waals surface area contributed by atoms with Crippen molar-refractivity contribution >= 4 is 6.03 Å². The lowest BCUT2D eigenvalue weighted by molar-refractivity contribution is -0.792. The molecule has 0 unspecified atom stereocenters. The van der Waals surface area contributed by atoms with E-state index in [4.69, 9.17) is 0 Å². The third-order valence-corrected chi connectivity index (χ3v) is 3.34. The van der Waals surface area contributed by atoms with Crippen LogP contribution >= 0.6 is 0 Å². The van der Waals surface area contributed by atoms with Gasteiger partial charge in [0.25, 0.3) is 0 Å². The molecule has 0 aliphatic rings. The predicted octanol–water partition coefficient (Wildman–Crippen LogP) is -0.395. The van der Waals surface area contributed by atoms with Crippen molar-refractivity contribution in [3.63, 3.8) is 0 Å². The Labute approximate surface area is 134 Å². The fourth-order valence-electron chi connectivity index (χ4n) is 1.39. The lowest BCUT2D eigenvalue weighted by Crippen LogP contribution is -2.48. The minimum absolute atomic E-state index is 0.411. The van der Waals surface area contributed by atoms with E-state index in [2.05, 4.69) is 10.6 Å². The van der Waals surface area contributed by atoms with Gasteiger partial charge in [-0.3, -0.25) is 40.5 Å². The molecule has 0 aromatic rings. The van der Waals surface area contributed by atoms with Crippen LogP contribution in [0.5, 0.6) is 0 Å². The summed E-state index contributed by atoms with van der Waals surface area (Å²) in [5.41, 5.74) is -4.94. The van der Waals surface area contributed by atoms with Gasteiger partial charge in [0.2, 0.25) is 0 Å². The second kappa shape index (κ2) is 7.93. The molecule has 0 aliphatic carbocycles. The first-order valence-electron chi connectivity index (χ1n) is 6.47. The molecule has 0 rings (SSSR count). The summed E-state index contributed by atoms with van der Waals surface area (Å²) in [4.78, 5) is 49.7. The van der Waals surface area contributed by atoms with Crippen molar-refractivity contribution in [2.45, 2.75) is 38.0 Å². The second-order valence-corrected chi connectivity index (χ2v) is 5.15. The highest BCUT2D eigenvalue weighted by Crippen LogP contribution is 2.15.